The molecule has 23 heavy (non-hydrogen) atoms. The molecule has 0 radical (unpaired) electrons. The van der Waals surface area contributed by atoms with Crippen molar-refractivity contribution in [3.63, 3.8) is 0 Å². The molecule has 2 aromatic carbocycles. The highest BCUT2D eigenvalue weighted by Gasteiger charge is 2.26. The lowest BCUT2D eigenvalue weighted by Gasteiger charge is -2.32. The van der Waals surface area contributed by atoms with E-state index in [1.165, 1.54) is 5.56 Å². The van der Waals surface area contributed by atoms with E-state index in [1.54, 1.807) is 6.08 Å². The van der Waals surface area contributed by atoms with Gasteiger partial charge in [-0.25, -0.2) is 0 Å². The summed E-state index contributed by atoms with van der Waals surface area (Å²) in [5.41, 5.74) is 2.82. The van der Waals surface area contributed by atoms with Gasteiger partial charge in [0.25, 0.3) is 0 Å². The summed E-state index contributed by atoms with van der Waals surface area (Å²) in [5, 5.41) is 0. The predicted octanol–water partition coefficient (Wildman–Crippen LogP) is 5.45. The zero-order valence-corrected chi connectivity index (χ0v) is 14.9. The lowest BCUT2D eigenvalue weighted by atomic mass is 9.93. The van der Waals surface area contributed by atoms with Crippen LogP contribution in [0.1, 0.15) is 41.8 Å². The van der Waals surface area contributed by atoms with Crippen LogP contribution >= 0.6 is 15.9 Å². The van der Waals surface area contributed by atoms with Crippen molar-refractivity contribution in [1.82, 2.24) is 0 Å². The average Bonchev–Trinajstić information content (AvgIpc) is 2.52. The summed E-state index contributed by atoms with van der Waals surface area (Å²) in [6.07, 6.45) is 5.49. The van der Waals surface area contributed by atoms with Crippen molar-refractivity contribution in [2.45, 2.75) is 32.3 Å². The maximum atomic E-state index is 12.2. The van der Waals surface area contributed by atoms with E-state index >= 15 is 0 Å². The van der Waals surface area contributed by atoms with Gasteiger partial charge in [-0.05, 0) is 68.2 Å². The molecule has 0 atom stereocenters. The van der Waals surface area contributed by atoms with E-state index in [2.05, 4.69) is 35.8 Å². The van der Waals surface area contributed by atoms with E-state index in [4.69, 9.17) is 4.74 Å². The molecule has 1 aliphatic rings. The Bertz CT molecular complexity index is 775. The molecular weight excluding hydrogens is 352 g/mol. The fourth-order valence-corrected chi connectivity index (χ4v) is 3.09. The first kappa shape index (κ1) is 16.0. The Morgan fingerprint density at radius 3 is 2.83 bits per heavy atom. The van der Waals surface area contributed by atoms with Gasteiger partial charge in [0.2, 0.25) is 0 Å². The Kier molecular flexibility index (Phi) is 4.40. The van der Waals surface area contributed by atoms with Crippen LogP contribution in [0.15, 0.2) is 53.0 Å². The molecule has 3 rings (SSSR count). The largest absolute Gasteiger partial charge is 0.488 e. The van der Waals surface area contributed by atoms with Crippen molar-refractivity contribution in [1.29, 1.82) is 0 Å². The van der Waals surface area contributed by atoms with Gasteiger partial charge >= 0.3 is 0 Å². The van der Waals surface area contributed by atoms with Gasteiger partial charge in [0.15, 0.2) is 5.78 Å². The minimum atomic E-state index is -0.0962. The quantitative estimate of drug-likeness (QED) is 0.530. The van der Waals surface area contributed by atoms with Crippen LogP contribution in [0, 0.1) is 0 Å². The molecule has 0 bridgehead atoms. The van der Waals surface area contributed by atoms with Crippen LogP contribution in [0.4, 0.5) is 0 Å². The molecule has 0 fully saturated rings. The summed E-state index contributed by atoms with van der Waals surface area (Å²) in [6.45, 7) is 4.22. The lowest BCUT2D eigenvalue weighted by Crippen LogP contribution is -2.32. The molecular formula is C20H19BrO2. The molecule has 0 spiro atoms. The Morgan fingerprint density at radius 1 is 1.22 bits per heavy atom. The molecule has 0 aliphatic carbocycles. The van der Waals surface area contributed by atoms with E-state index in [9.17, 15) is 4.79 Å². The highest BCUT2D eigenvalue weighted by atomic mass is 79.9. The molecule has 118 valence electrons. The fraction of sp³-hybridized carbons (Fsp3) is 0.250. The van der Waals surface area contributed by atoms with Gasteiger partial charge in [-0.1, -0.05) is 40.2 Å². The van der Waals surface area contributed by atoms with Crippen LogP contribution in [-0.4, -0.2) is 11.4 Å². The van der Waals surface area contributed by atoms with E-state index < -0.39 is 0 Å². The summed E-state index contributed by atoms with van der Waals surface area (Å²) >= 11 is 3.39. The Hall–Kier alpha value is -1.87. The number of benzene rings is 2. The van der Waals surface area contributed by atoms with Gasteiger partial charge in [0, 0.05) is 10.0 Å². The molecule has 0 amide bonds. The average molecular weight is 371 g/mol. The van der Waals surface area contributed by atoms with Crippen LogP contribution in [0.25, 0.3) is 6.08 Å². The smallest absolute Gasteiger partial charge is 0.185 e. The number of rotatable bonds is 3. The highest BCUT2D eigenvalue weighted by molar-refractivity contribution is 9.10. The second-order valence-corrected chi connectivity index (χ2v) is 7.35. The molecule has 2 aromatic rings. The minimum Gasteiger partial charge on any atom is -0.488 e. The predicted molar refractivity (Wildman–Crippen MR) is 97.0 cm³/mol. The number of hydrogen-bond acceptors (Lipinski definition) is 2. The lowest BCUT2D eigenvalue weighted by molar-refractivity contribution is 0.0847. The number of ether oxygens (including phenoxy) is 1. The maximum Gasteiger partial charge on any atom is 0.185 e. The Balaban J connectivity index is 1.77. The van der Waals surface area contributed by atoms with Crippen molar-refractivity contribution in [3.05, 3.63) is 69.7 Å². The summed E-state index contributed by atoms with van der Waals surface area (Å²) in [7, 11) is 0. The van der Waals surface area contributed by atoms with Crippen molar-refractivity contribution in [3.8, 4) is 5.75 Å². The van der Waals surface area contributed by atoms with E-state index in [1.807, 2.05) is 42.5 Å². The fourth-order valence-electron chi connectivity index (χ4n) is 2.69. The van der Waals surface area contributed by atoms with Crippen LogP contribution < -0.4 is 4.74 Å². The van der Waals surface area contributed by atoms with E-state index in [0.29, 0.717) is 5.56 Å². The molecule has 0 saturated heterocycles. The zero-order chi connectivity index (χ0) is 16.4. The first-order valence-corrected chi connectivity index (χ1v) is 8.52. The summed E-state index contributed by atoms with van der Waals surface area (Å²) in [6, 6.07) is 13.5. The SMILES string of the molecule is CC1(C)CCc2cc(/C=C/C(=O)c3cccc(Br)c3)ccc2O1. The second kappa shape index (κ2) is 6.32. The third-order valence-electron chi connectivity index (χ3n) is 4.00. The van der Waals surface area contributed by atoms with Crippen LogP contribution in [0.2, 0.25) is 0 Å². The first-order chi connectivity index (χ1) is 10.9. The molecule has 3 heteroatoms. The minimum absolute atomic E-state index is 0.00130. The van der Waals surface area contributed by atoms with Crippen molar-refractivity contribution < 1.29 is 9.53 Å². The van der Waals surface area contributed by atoms with Crippen molar-refractivity contribution in [2.75, 3.05) is 0 Å². The van der Waals surface area contributed by atoms with E-state index in [0.717, 1.165) is 28.6 Å². The molecule has 1 aliphatic heterocycles. The molecule has 0 aromatic heterocycles. The highest BCUT2D eigenvalue weighted by Crippen LogP contribution is 2.33. The second-order valence-electron chi connectivity index (χ2n) is 6.44. The number of carbonyl (C=O) groups is 1. The van der Waals surface area contributed by atoms with Gasteiger partial charge < -0.3 is 4.74 Å². The molecule has 0 saturated carbocycles. The number of aryl methyl sites for hydroxylation is 1. The molecule has 0 unspecified atom stereocenters. The van der Waals surface area contributed by atoms with Crippen LogP contribution in [0.3, 0.4) is 0 Å². The molecule has 2 nitrogen and oxygen atoms in total. The summed E-state index contributed by atoms with van der Waals surface area (Å²) in [4.78, 5) is 12.2. The number of halogens is 1. The van der Waals surface area contributed by atoms with Crippen molar-refractivity contribution in [2.24, 2.45) is 0 Å². The molecule has 0 N–H and O–H groups in total. The van der Waals surface area contributed by atoms with Gasteiger partial charge in [0.05, 0.1) is 0 Å². The summed E-state index contributed by atoms with van der Waals surface area (Å²) in [5.74, 6) is 0.957. The number of ketones is 1. The van der Waals surface area contributed by atoms with Gasteiger partial charge in [-0.3, -0.25) is 4.79 Å². The topological polar surface area (TPSA) is 26.3 Å². The number of fused-ring (bicyclic) bond motifs is 1. The zero-order valence-electron chi connectivity index (χ0n) is 13.3. The molecule has 1 heterocycles. The standard InChI is InChI=1S/C20H19BrO2/c1-20(2)11-10-16-12-14(7-9-19(16)23-20)6-8-18(22)15-4-3-5-17(21)13-15/h3-9,12-13H,10-11H2,1-2H3/b8-6+. The Morgan fingerprint density at radius 2 is 2.04 bits per heavy atom. The van der Waals surface area contributed by atoms with E-state index in [-0.39, 0.29) is 11.4 Å². The number of carbonyl (C=O) groups excluding carboxylic acids is 1. The normalized spacial score (nSPS) is 16.0. The maximum absolute atomic E-state index is 12.2. The monoisotopic (exact) mass is 370 g/mol. The third-order valence-corrected chi connectivity index (χ3v) is 4.50. The number of allylic oxidation sites excluding steroid dienone is 1. The van der Waals surface area contributed by atoms with Crippen LogP contribution in [0.5, 0.6) is 5.75 Å². The van der Waals surface area contributed by atoms with Gasteiger partial charge in [-0.15, -0.1) is 0 Å². The van der Waals surface area contributed by atoms with Gasteiger partial charge in [0.1, 0.15) is 11.4 Å². The van der Waals surface area contributed by atoms with Gasteiger partial charge in [-0.2, -0.15) is 0 Å². The van der Waals surface area contributed by atoms with Crippen LogP contribution in [-0.2, 0) is 6.42 Å². The Labute approximate surface area is 145 Å². The summed E-state index contributed by atoms with van der Waals surface area (Å²) < 4.78 is 6.89. The van der Waals surface area contributed by atoms with Crippen molar-refractivity contribution >= 4 is 27.8 Å². The first-order valence-electron chi connectivity index (χ1n) is 7.73. The third kappa shape index (κ3) is 3.91. The number of hydrogen-bond donors (Lipinski definition) is 0.